The van der Waals surface area contributed by atoms with Crippen LogP contribution in [0, 0.1) is 0 Å². The van der Waals surface area contributed by atoms with Crippen LogP contribution in [-0.2, 0) is 9.53 Å². The van der Waals surface area contributed by atoms with Crippen LogP contribution < -0.4 is 5.32 Å². The topological polar surface area (TPSA) is 58.6 Å². The molecule has 0 aromatic rings. The van der Waals surface area contributed by atoms with E-state index in [2.05, 4.69) is 5.32 Å². The maximum atomic E-state index is 12.7. The summed E-state index contributed by atoms with van der Waals surface area (Å²) in [4.78, 5) is 9.99. The van der Waals surface area contributed by atoms with Gasteiger partial charge in [-0.25, -0.2) is 9.18 Å². The molecule has 1 saturated heterocycles. The first-order valence-electron chi connectivity index (χ1n) is 3.38. The lowest BCUT2D eigenvalue weighted by Crippen LogP contribution is -2.26. The Morgan fingerprint density at radius 3 is 2.91 bits per heavy atom. The van der Waals surface area contributed by atoms with E-state index in [1.54, 1.807) is 0 Å². The van der Waals surface area contributed by atoms with Crippen LogP contribution in [0.2, 0.25) is 0 Å². The van der Waals surface area contributed by atoms with E-state index in [1.807, 2.05) is 0 Å². The van der Waals surface area contributed by atoms with Crippen molar-refractivity contribution in [2.75, 3.05) is 19.7 Å². The van der Waals surface area contributed by atoms with Gasteiger partial charge in [0.1, 0.15) is 18.9 Å². The molecule has 0 aromatic heterocycles. The van der Waals surface area contributed by atoms with Gasteiger partial charge in [0.25, 0.3) is 0 Å². The molecule has 11 heavy (non-hydrogen) atoms. The van der Waals surface area contributed by atoms with Gasteiger partial charge in [0.15, 0.2) is 0 Å². The molecule has 0 bridgehead atoms. The summed E-state index contributed by atoms with van der Waals surface area (Å²) in [6.45, 7) is 0.228. The Hall–Kier alpha value is -0.680. The van der Waals surface area contributed by atoms with Gasteiger partial charge in [-0.1, -0.05) is 0 Å². The molecule has 0 amide bonds. The van der Waals surface area contributed by atoms with Crippen molar-refractivity contribution in [3.05, 3.63) is 0 Å². The predicted molar refractivity (Wildman–Crippen MR) is 35.1 cm³/mol. The minimum Gasteiger partial charge on any atom is -0.480 e. The van der Waals surface area contributed by atoms with Gasteiger partial charge in [-0.15, -0.1) is 0 Å². The van der Waals surface area contributed by atoms with Gasteiger partial charge >= 0.3 is 5.97 Å². The fourth-order valence-electron chi connectivity index (χ4n) is 0.964. The molecule has 64 valence electrons. The molecule has 0 aliphatic carbocycles. The summed E-state index contributed by atoms with van der Waals surface area (Å²) in [5, 5.41) is 10.9. The summed E-state index contributed by atoms with van der Waals surface area (Å²) in [5.74, 6) is -1.07. The molecular weight excluding hydrogens is 153 g/mol. The van der Waals surface area contributed by atoms with Crippen LogP contribution in [0.1, 0.15) is 0 Å². The summed E-state index contributed by atoms with van der Waals surface area (Å²) in [5.41, 5.74) is 0. The van der Waals surface area contributed by atoms with Crippen LogP contribution in [0.4, 0.5) is 4.39 Å². The van der Waals surface area contributed by atoms with Gasteiger partial charge < -0.3 is 15.2 Å². The summed E-state index contributed by atoms with van der Waals surface area (Å²) in [6.07, 6.45) is -1.67. The van der Waals surface area contributed by atoms with Crippen LogP contribution >= 0.6 is 0 Å². The van der Waals surface area contributed by atoms with Crippen LogP contribution in [0.3, 0.4) is 0 Å². The molecule has 1 aliphatic rings. The SMILES string of the molecule is O=C(O)CO[C@@H]1CNC[C@H]1F. The lowest BCUT2D eigenvalue weighted by Gasteiger charge is -2.10. The average Bonchev–Trinajstić information content (AvgIpc) is 2.31. The number of hydrogen-bond acceptors (Lipinski definition) is 3. The minimum atomic E-state index is -1.07. The minimum absolute atomic E-state index is 0.254. The number of aliphatic carboxylic acids is 1. The number of ether oxygens (including phenoxy) is 1. The maximum Gasteiger partial charge on any atom is 0.329 e. The van der Waals surface area contributed by atoms with Crippen LogP contribution in [0.15, 0.2) is 0 Å². The number of carbonyl (C=O) groups is 1. The fraction of sp³-hybridized carbons (Fsp3) is 0.833. The molecule has 1 aliphatic heterocycles. The highest BCUT2D eigenvalue weighted by atomic mass is 19.1. The third-order valence-corrected chi connectivity index (χ3v) is 1.51. The zero-order chi connectivity index (χ0) is 8.27. The van der Waals surface area contributed by atoms with E-state index in [4.69, 9.17) is 9.84 Å². The van der Waals surface area contributed by atoms with Crippen molar-refractivity contribution in [3.63, 3.8) is 0 Å². The molecule has 1 rings (SSSR count). The lowest BCUT2D eigenvalue weighted by molar-refractivity contribution is -0.144. The predicted octanol–water partition coefficient (Wildman–Crippen LogP) is -0.603. The van der Waals surface area contributed by atoms with E-state index in [0.717, 1.165) is 0 Å². The summed E-state index contributed by atoms with van der Waals surface area (Å²) >= 11 is 0. The second kappa shape index (κ2) is 3.64. The Kier molecular flexibility index (Phi) is 2.78. The van der Waals surface area contributed by atoms with Crippen molar-refractivity contribution in [2.24, 2.45) is 0 Å². The van der Waals surface area contributed by atoms with E-state index in [0.29, 0.717) is 6.54 Å². The van der Waals surface area contributed by atoms with E-state index in [1.165, 1.54) is 0 Å². The summed E-state index contributed by atoms with van der Waals surface area (Å²) in [6, 6.07) is 0. The highest BCUT2D eigenvalue weighted by Gasteiger charge is 2.27. The molecule has 2 atom stereocenters. The quantitative estimate of drug-likeness (QED) is 0.583. The fourth-order valence-corrected chi connectivity index (χ4v) is 0.964. The first-order valence-corrected chi connectivity index (χ1v) is 3.38. The second-order valence-electron chi connectivity index (χ2n) is 2.42. The summed E-state index contributed by atoms with van der Waals surface area (Å²) in [7, 11) is 0. The number of carboxylic acid groups (broad SMARTS) is 1. The molecule has 2 N–H and O–H groups in total. The van der Waals surface area contributed by atoms with Crippen LogP contribution in [-0.4, -0.2) is 43.0 Å². The first kappa shape index (κ1) is 8.42. The second-order valence-corrected chi connectivity index (χ2v) is 2.42. The summed E-state index contributed by atoms with van der Waals surface area (Å²) < 4.78 is 17.4. The molecular formula is C6H10FNO3. The Labute approximate surface area is 63.3 Å². The Morgan fingerprint density at radius 1 is 1.73 bits per heavy atom. The molecule has 0 saturated carbocycles. The van der Waals surface area contributed by atoms with Crippen molar-refractivity contribution in [3.8, 4) is 0 Å². The number of alkyl halides is 1. The van der Waals surface area contributed by atoms with Crippen LogP contribution in [0.5, 0.6) is 0 Å². The van der Waals surface area contributed by atoms with Gasteiger partial charge in [-0.2, -0.15) is 0 Å². The van der Waals surface area contributed by atoms with Crippen molar-refractivity contribution >= 4 is 5.97 Å². The monoisotopic (exact) mass is 163 g/mol. The molecule has 1 heterocycles. The van der Waals surface area contributed by atoms with E-state index in [-0.39, 0.29) is 6.54 Å². The van der Waals surface area contributed by atoms with Gasteiger partial charge in [0, 0.05) is 13.1 Å². The third kappa shape index (κ3) is 2.44. The Balaban J connectivity index is 2.20. The molecule has 0 radical (unpaired) electrons. The van der Waals surface area contributed by atoms with Crippen molar-refractivity contribution < 1.29 is 19.0 Å². The van der Waals surface area contributed by atoms with Crippen molar-refractivity contribution in [1.29, 1.82) is 0 Å². The Bertz CT molecular complexity index is 153. The first-order chi connectivity index (χ1) is 5.20. The normalized spacial score (nSPS) is 30.6. The third-order valence-electron chi connectivity index (χ3n) is 1.51. The van der Waals surface area contributed by atoms with Crippen LogP contribution in [0.25, 0.3) is 0 Å². The van der Waals surface area contributed by atoms with E-state index < -0.39 is 24.9 Å². The molecule has 4 nitrogen and oxygen atoms in total. The number of halogens is 1. The molecule has 5 heteroatoms. The largest absolute Gasteiger partial charge is 0.480 e. The van der Waals surface area contributed by atoms with Gasteiger partial charge in [-0.05, 0) is 0 Å². The molecule has 0 unspecified atom stereocenters. The van der Waals surface area contributed by atoms with Gasteiger partial charge in [-0.3, -0.25) is 0 Å². The Morgan fingerprint density at radius 2 is 2.45 bits per heavy atom. The van der Waals surface area contributed by atoms with Gasteiger partial charge in [0.2, 0.25) is 0 Å². The number of hydrogen-bond donors (Lipinski definition) is 2. The zero-order valence-electron chi connectivity index (χ0n) is 5.92. The van der Waals surface area contributed by atoms with Gasteiger partial charge in [0.05, 0.1) is 0 Å². The van der Waals surface area contributed by atoms with E-state index >= 15 is 0 Å². The molecule has 0 spiro atoms. The standard InChI is InChI=1S/C6H10FNO3/c7-4-1-8-2-5(4)11-3-6(9)10/h4-5,8H,1-3H2,(H,9,10)/t4-,5-/m1/s1. The number of nitrogens with one attached hydrogen (secondary N) is 1. The highest BCUT2D eigenvalue weighted by Crippen LogP contribution is 2.07. The lowest BCUT2D eigenvalue weighted by atomic mass is 10.3. The molecule has 0 aromatic carbocycles. The van der Waals surface area contributed by atoms with Crippen molar-refractivity contribution in [1.82, 2.24) is 5.32 Å². The maximum absolute atomic E-state index is 12.7. The van der Waals surface area contributed by atoms with Crippen molar-refractivity contribution in [2.45, 2.75) is 12.3 Å². The number of carboxylic acids is 1. The number of rotatable bonds is 3. The average molecular weight is 163 g/mol. The smallest absolute Gasteiger partial charge is 0.329 e. The zero-order valence-corrected chi connectivity index (χ0v) is 5.92. The highest BCUT2D eigenvalue weighted by molar-refractivity contribution is 5.68. The molecule has 1 fully saturated rings. The van der Waals surface area contributed by atoms with E-state index in [9.17, 15) is 9.18 Å².